The third-order valence-corrected chi connectivity index (χ3v) is 7.28. The summed E-state index contributed by atoms with van der Waals surface area (Å²) in [4.78, 5) is -0.335. The normalized spacial score (nSPS) is 15.9. The van der Waals surface area contributed by atoms with Gasteiger partial charge in [-0.05, 0) is 82.0 Å². The number of rotatable bonds is 6. The van der Waals surface area contributed by atoms with Gasteiger partial charge in [0, 0.05) is 11.1 Å². The van der Waals surface area contributed by atoms with E-state index in [4.69, 9.17) is 0 Å². The molecule has 1 heterocycles. The lowest BCUT2D eigenvalue weighted by Gasteiger charge is -2.25. The van der Waals surface area contributed by atoms with Crippen molar-refractivity contribution in [3.63, 3.8) is 0 Å². The molecule has 1 aromatic heterocycles. The van der Waals surface area contributed by atoms with Crippen molar-refractivity contribution in [1.82, 2.24) is 14.5 Å². The Morgan fingerprint density at radius 2 is 1.66 bits per heavy atom. The summed E-state index contributed by atoms with van der Waals surface area (Å²) in [5.41, 5.74) is -1.08. The van der Waals surface area contributed by atoms with Crippen molar-refractivity contribution in [1.29, 1.82) is 0 Å². The molecule has 0 saturated heterocycles. The predicted molar refractivity (Wildman–Crippen MR) is 120 cm³/mol. The fraction of sp³-hybridized carbons (Fsp3) is 0.375. The Hall–Kier alpha value is -2.79. The van der Waals surface area contributed by atoms with Gasteiger partial charge in [-0.3, -0.25) is 4.68 Å². The molecular formula is C24H24F5N3O2S. The molecule has 0 bridgehead atoms. The molecule has 1 aliphatic carbocycles. The molecule has 1 aliphatic rings. The van der Waals surface area contributed by atoms with Gasteiger partial charge in [0.25, 0.3) is 0 Å². The Labute approximate surface area is 200 Å². The Bertz CT molecular complexity index is 1340. The molecule has 1 fully saturated rings. The van der Waals surface area contributed by atoms with Crippen molar-refractivity contribution in [2.75, 3.05) is 0 Å². The van der Waals surface area contributed by atoms with Crippen molar-refractivity contribution in [3.8, 4) is 11.3 Å². The Morgan fingerprint density at radius 1 is 1.03 bits per heavy atom. The maximum atomic E-state index is 14.9. The lowest BCUT2D eigenvalue weighted by atomic mass is 9.97. The first kappa shape index (κ1) is 25.3. The van der Waals surface area contributed by atoms with E-state index in [2.05, 4.69) is 9.82 Å². The van der Waals surface area contributed by atoms with Gasteiger partial charge in [0.15, 0.2) is 0 Å². The molecule has 1 saturated carbocycles. The molecule has 0 radical (unpaired) electrons. The Kier molecular flexibility index (Phi) is 6.29. The third kappa shape index (κ3) is 5.25. The smallest absolute Gasteiger partial charge is 0.259 e. The summed E-state index contributed by atoms with van der Waals surface area (Å²) in [6.07, 6.45) is -1.79. The van der Waals surface area contributed by atoms with Crippen LogP contribution in [0.25, 0.3) is 11.3 Å². The predicted octanol–water partition coefficient (Wildman–Crippen LogP) is 6.03. The van der Waals surface area contributed by atoms with Crippen LogP contribution in [0, 0.1) is 17.6 Å². The third-order valence-electron chi connectivity index (χ3n) is 5.82. The topological polar surface area (TPSA) is 64.0 Å². The summed E-state index contributed by atoms with van der Waals surface area (Å²) in [7, 11) is -4.24. The molecule has 35 heavy (non-hydrogen) atoms. The van der Waals surface area contributed by atoms with Gasteiger partial charge in [-0.2, -0.15) is 18.3 Å². The van der Waals surface area contributed by atoms with Crippen LogP contribution in [0.5, 0.6) is 0 Å². The second-order valence-corrected chi connectivity index (χ2v) is 11.3. The number of hydrogen-bond donors (Lipinski definition) is 1. The van der Waals surface area contributed by atoms with Crippen LogP contribution in [0.1, 0.15) is 50.8 Å². The standard InChI is InChI=1S/C24H24F5N3O2S/c1-23(2,3)32-22(18-12-16(25)8-11-20(18)26)19(13-30-32)21(14-4-5-14)31-35(33,34)17-9-6-15(7-10-17)24(27,28)29/h6-14,21,31H,4-5H2,1-3H3. The van der Waals surface area contributed by atoms with Gasteiger partial charge in [0.2, 0.25) is 10.0 Å². The highest BCUT2D eigenvalue weighted by atomic mass is 32.2. The molecule has 3 aromatic rings. The van der Waals surface area contributed by atoms with Crippen LogP contribution < -0.4 is 4.72 Å². The molecule has 5 nitrogen and oxygen atoms in total. The maximum absolute atomic E-state index is 14.9. The number of halogens is 5. The zero-order valence-corrected chi connectivity index (χ0v) is 20.0. The summed E-state index contributed by atoms with van der Waals surface area (Å²) >= 11 is 0. The first-order valence-corrected chi connectivity index (χ1v) is 12.4. The van der Waals surface area contributed by atoms with Crippen molar-refractivity contribution in [2.24, 2.45) is 5.92 Å². The molecule has 2 aromatic carbocycles. The molecule has 188 valence electrons. The van der Waals surface area contributed by atoms with Gasteiger partial charge >= 0.3 is 6.18 Å². The zero-order chi connectivity index (χ0) is 25.8. The van der Waals surface area contributed by atoms with Gasteiger partial charge in [0.1, 0.15) is 11.6 Å². The lowest BCUT2D eigenvalue weighted by molar-refractivity contribution is -0.137. The van der Waals surface area contributed by atoms with Crippen LogP contribution in [0.15, 0.2) is 53.6 Å². The molecule has 1 atom stereocenters. The molecule has 1 N–H and O–H groups in total. The number of benzene rings is 2. The molecular weight excluding hydrogens is 489 g/mol. The summed E-state index contributed by atoms with van der Waals surface area (Å²) < 4.78 is 98.0. The minimum absolute atomic E-state index is 0.0631. The molecule has 4 rings (SSSR count). The maximum Gasteiger partial charge on any atom is 0.416 e. The quantitative estimate of drug-likeness (QED) is 0.410. The number of nitrogens with one attached hydrogen (secondary N) is 1. The zero-order valence-electron chi connectivity index (χ0n) is 19.2. The SMILES string of the molecule is CC(C)(C)n1ncc(C(NS(=O)(=O)c2ccc(C(F)(F)F)cc2)C2CC2)c1-c1cc(F)ccc1F. The van der Waals surface area contributed by atoms with Gasteiger partial charge in [0.05, 0.1) is 33.9 Å². The number of sulfonamides is 1. The second-order valence-electron chi connectivity index (χ2n) is 9.61. The number of alkyl halides is 3. The van der Waals surface area contributed by atoms with Crippen molar-refractivity contribution >= 4 is 10.0 Å². The minimum atomic E-state index is -4.60. The van der Waals surface area contributed by atoms with Crippen LogP contribution in [0.2, 0.25) is 0 Å². The summed E-state index contributed by atoms with van der Waals surface area (Å²) in [5, 5.41) is 4.37. The fourth-order valence-corrected chi connectivity index (χ4v) is 5.23. The van der Waals surface area contributed by atoms with Gasteiger partial charge in [-0.1, -0.05) is 0 Å². The van der Waals surface area contributed by atoms with Crippen LogP contribution in [0.3, 0.4) is 0 Å². The first-order valence-electron chi connectivity index (χ1n) is 10.9. The van der Waals surface area contributed by atoms with E-state index in [1.165, 1.54) is 10.9 Å². The average Bonchev–Trinajstić information content (AvgIpc) is 3.50. The highest BCUT2D eigenvalue weighted by Crippen LogP contribution is 2.45. The van der Waals surface area contributed by atoms with Crippen LogP contribution in [0.4, 0.5) is 22.0 Å². The average molecular weight is 514 g/mol. The lowest BCUT2D eigenvalue weighted by Crippen LogP contribution is -2.31. The van der Waals surface area contributed by atoms with Crippen LogP contribution >= 0.6 is 0 Å². The van der Waals surface area contributed by atoms with E-state index in [-0.39, 0.29) is 22.1 Å². The molecule has 0 aliphatic heterocycles. The van der Waals surface area contributed by atoms with Crippen LogP contribution in [-0.4, -0.2) is 18.2 Å². The van der Waals surface area contributed by atoms with E-state index in [0.29, 0.717) is 30.5 Å². The largest absolute Gasteiger partial charge is 0.416 e. The van der Waals surface area contributed by atoms with E-state index < -0.39 is 45.0 Å². The van der Waals surface area contributed by atoms with Gasteiger partial charge < -0.3 is 0 Å². The van der Waals surface area contributed by atoms with E-state index >= 15 is 0 Å². The molecule has 11 heteroatoms. The summed E-state index contributed by atoms with van der Waals surface area (Å²) in [5.74, 6) is -1.49. The van der Waals surface area contributed by atoms with E-state index in [0.717, 1.165) is 30.3 Å². The summed E-state index contributed by atoms with van der Waals surface area (Å²) in [6, 6.07) is 5.36. The van der Waals surface area contributed by atoms with Crippen molar-refractivity contribution < 1.29 is 30.4 Å². The second kappa shape index (κ2) is 8.70. The van der Waals surface area contributed by atoms with Crippen LogP contribution in [-0.2, 0) is 21.7 Å². The van der Waals surface area contributed by atoms with Gasteiger partial charge in [-0.15, -0.1) is 0 Å². The first-order chi connectivity index (χ1) is 16.2. The molecule has 0 amide bonds. The highest BCUT2D eigenvalue weighted by molar-refractivity contribution is 7.89. The Balaban J connectivity index is 1.79. The summed E-state index contributed by atoms with van der Waals surface area (Å²) in [6.45, 7) is 5.47. The van der Waals surface area contributed by atoms with E-state index in [1.807, 2.05) is 20.8 Å². The van der Waals surface area contributed by atoms with E-state index in [1.54, 1.807) is 0 Å². The highest BCUT2D eigenvalue weighted by Gasteiger charge is 2.39. The van der Waals surface area contributed by atoms with Crippen molar-refractivity contribution in [2.45, 2.75) is 56.3 Å². The van der Waals surface area contributed by atoms with Crippen molar-refractivity contribution in [3.05, 3.63) is 71.4 Å². The van der Waals surface area contributed by atoms with E-state index in [9.17, 15) is 30.4 Å². The molecule has 1 unspecified atom stereocenters. The van der Waals surface area contributed by atoms with Gasteiger partial charge in [-0.25, -0.2) is 21.9 Å². The molecule has 0 spiro atoms. The number of nitrogens with zero attached hydrogens (tertiary/aromatic N) is 2. The Morgan fingerprint density at radius 3 is 2.20 bits per heavy atom. The monoisotopic (exact) mass is 513 g/mol. The minimum Gasteiger partial charge on any atom is -0.259 e. The number of hydrogen-bond acceptors (Lipinski definition) is 3. The fourth-order valence-electron chi connectivity index (χ4n) is 3.95. The number of aromatic nitrogens is 2.